The van der Waals surface area contributed by atoms with Crippen molar-refractivity contribution in [2.45, 2.75) is 38.5 Å². The van der Waals surface area contributed by atoms with Crippen molar-refractivity contribution in [1.82, 2.24) is 4.57 Å². The molecule has 0 N–H and O–H groups in total. The Morgan fingerprint density at radius 2 is 1.10 bits per heavy atom. The molecule has 0 amide bonds. The molecule has 0 radical (unpaired) electrons. The lowest BCUT2D eigenvalue weighted by Crippen LogP contribution is -2.22. The van der Waals surface area contributed by atoms with E-state index in [0.29, 0.717) is 0 Å². The highest BCUT2D eigenvalue weighted by Crippen LogP contribution is 2.54. The molecular formula is C49H40N2. The molecule has 246 valence electrons. The number of anilines is 2. The van der Waals surface area contributed by atoms with Crippen LogP contribution in [0.1, 0.15) is 55.5 Å². The minimum Gasteiger partial charge on any atom is -0.337 e. The van der Waals surface area contributed by atoms with Gasteiger partial charge in [0.2, 0.25) is 0 Å². The molecule has 1 aliphatic heterocycles. The highest BCUT2D eigenvalue weighted by molar-refractivity contribution is 6.09. The van der Waals surface area contributed by atoms with Crippen LogP contribution in [0.4, 0.5) is 11.4 Å². The molecule has 2 heterocycles. The Balaban J connectivity index is 1.18. The molecule has 0 bridgehead atoms. The molecule has 1 aromatic heterocycles. The Bertz CT molecular complexity index is 2620. The number of hydrogen-bond donors (Lipinski definition) is 0. The predicted octanol–water partition coefficient (Wildman–Crippen LogP) is 12.6. The maximum Gasteiger partial charge on any atom is 0.0541 e. The van der Waals surface area contributed by atoms with Gasteiger partial charge in [0.15, 0.2) is 0 Å². The number of rotatable bonds is 2. The smallest absolute Gasteiger partial charge is 0.0541 e. The van der Waals surface area contributed by atoms with Gasteiger partial charge in [-0.3, -0.25) is 0 Å². The molecule has 0 atom stereocenters. The number of fused-ring (bicyclic) bond motifs is 10. The van der Waals surface area contributed by atoms with Crippen molar-refractivity contribution < 1.29 is 0 Å². The molecule has 7 aromatic rings. The van der Waals surface area contributed by atoms with E-state index >= 15 is 0 Å². The molecule has 0 spiro atoms. The zero-order valence-corrected chi connectivity index (χ0v) is 29.7. The van der Waals surface area contributed by atoms with Gasteiger partial charge >= 0.3 is 0 Å². The van der Waals surface area contributed by atoms with Crippen LogP contribution in [0.3, 0.4) is 0 Å². The molecule has 51 heavy (non-hydrogen) atoms. The van der Waals surface area contributed by atoms with E-state index in [4.69, 9.17) is 6.58 Å². The van der Waals surface area contributed by atoms with Crippen LogP contribution < -0.4 is 4.90 Å². The molecule has 2 nitrogen and oxygen atoms in total. The van der Waals surface area contributed by atoms with Crippen molar-refractivity contribution in [3.05, 3.63) is 186 Å². The zero-order chi connectivity index (χ0) is 34.6. The fraction of sp³-hybridized carbons (Fsp3) is 0.143. The molecule has 0 unspecified atom stereocenters. The van der Waals surface area contributed by atoms with E-state index in [1.165, 1.54) is 77.6 Å². The first-order valence-electron chi connectivity index (χ1n) is 18.1. The number of aromatic nitrogens is 1. The summed E-state index contributed by atoms with van der Waals surface area (Å²) in [5.41, 5.74) is 18.7. The van der Waals surface area contributed by atoms with E-state index in [1.807, 2.05) is 0 Å². The first-order chi connectivity index (χ1) is 24.7. The van der Waals surface area contributed by atoms with Gasteiger partial charge in [-0.15, -0.1) is 0 Å². The number of para-hydroxylation sites is 2. The van der Waals surface area contributed by atoms with E-state index in [2.05, 4.69) is 183 Å². The van der Waals surface area contributed by atoms with E-state index in [9.17, 15) is 0 Å². The minimum atomic E-state index is -0.117. The summed E-state index contributed by atoms with van der Waals surface area (Å²) in [4.78, 5) is 2.51. The van der Waals surface area contributed by atoms with Gasteiger partial charge in [-0.2, -0.15) is 0 Å². The molecule has 2 heteroatoms. The second kappa shape index (κ2) is 10.6. The van der Waals surface area contributed by atoms with Gasteiger partial charge in [-0.25, -0.2) is 0 Å². The molecule has 6 aromatic carbocycles. The van der Waals surface area contributed by atoms with Gasteiger partial charge in [0.1, 0.15) is 0 Å². The Morgan fingerprint density at radius 3 is 1.78 bits per heavy atom. The Hall–Kier alpha value is -5.86. The number of benzene rings is 6. The van der Waals surface area contributed by atoms with Gasteiger partial charge in [0, 0.05) is 50.8 Å². The molecule has 0 saturated carbocycles. The van der Waals surface area contributed by atoms with Crippen LogP contribution in [0.5, 0.6) is 0 Å². The van der Waals surface area contributed by atoms with Crippen LogP contribution in [0.15, 0.2) is 158 Å². The summed E-state index contributed by atoms with van der Waals surface area (Å²) in [5.74, 6) is 0. The molecule has 2 aliphatic carbocycles. The van der Waals surface area contributed by atoms with Crippen LogP contribution in [0.2, 0.25) is 0 Å². The van der Waals surface area contributed by atoms with Crippen molar-refractivity contribution in [3.63, 3.8) is 0 Å². The van der Waals surface area contributed by atoms with E-state index < -0.39 is 0 Å². The van der Waals surface area contributed by atoms with Gasteiger partial charge < -0.3 is 9.47 Å². The molecule has 0 saturated heterocycles. The summed E-state index contributed by atoms with van der Waals surface area (Å²) in [7, 11) is 0. The molecular weight excluding hydrogens is 617 g/mol. The zero-order valence-electron chi connectivity index (χ0n) is 29.7. The molecule has 10 rings (SSSR count). The van der Waals surface area contributed by atoms with Crippen LogP contribution in [-0.4, -0.2) is 11.1 Å². The number of allylic oxidation sites excluding steroid dienone is 4. The van der Waals surface area contributed by atoms with Gasteiger partial charge in [-0.05, 0) is 105 Å². The second-order valence-corrected chi connectivity index (χ2v) is 15.5. The normalized spacial score (nSPS) is 17.7. The Kier molecular flexibility index (Phi) is 6.22. The maximum absolute atomic E-state index is 4.80. The Labute approximate surface area is 300 Å². The van der Waals surface area contributed by atoms with Crippen LogP contribution >= 0.6 is 0 Å². The lowest BCUT2D eigenvalue weighted by atomic mass is 9.81. The quantitative estimate of drug-likeness (QED) is 0.180. The monoisotopic (exact) mass is 656 g/mol. The third-order valence-electron chi connectivity index (χ3n) is 12.0. The SMILES string of the molecule is C=C1C=C2/C(=C\CN(c3ccc(-n4c5ccccc5c5ccccc54)cc3)c3cc4c(cc31)-c1ccccc1C4(C)C)C(C)(C)c1ccccc12. The highest BCUT2D eigenvalue weighted by atomic mass is 15.1. The summed E-state index contributed by atoms with van der Waals surface area (Å²) in [6, 6.07) is 49.4. The standard InChI is InChI=1S/C49H40N2/c1-31-28-39-34-14-6-10-18-41(34)48(2,3)43(39)26-27-50(47-30-44-40(29-38(31)47)35-15-7-11-19-42(35)49(44,4)5)32-22-24-33(25-23-32)51-45-20-12-8-16-36(45)37-17-9-13-21-46(37)51/h6-26,28-30H,1,27H2,2-5H3/b39-28?,43-26+. The summed E-state index contributed by atoms with van der Waals surface area (Å²) in [5, 5.41) is 2.55. The van der Waals surface area contributed by atoms with E-state index in [1.54, 1.807) is 0 Å². The third-order valence-corrected chi connectivity index (χ3v) is 12.0. The van der Waals surface area contributed by atoms with Gasteiger partial charge in [0.05, 0.1) is 11.0 Å². The predicted molar refractivity (Wildman–Crippen MR) is 216 cm³/mol. The highest BCUT2D eigenvalue weighted by Gasteiger charge is 2.40. The fourth-order valence-corrected chi connectivity index (χ4v) is 9.39. The van der Waals surface area contributed by atoms with Crippen molar-refractivity contribution >= 4 is 44.3 Å². The lowest BCUT2D eigenvalue weighted by Gasteiger charge is -2.30. The average molecular weight is 657 g/mol. The fourth-order valence-electron chi connectivity index (χ4n) is 9.39. The van der Waals surface area contributed by atoms with Crippen LogP contribution in [0, 0.1) is 0 Å². The second-order valence-electron chi connectivity index (χ2n) is 15.5. The van der Waals surface area contributed by atoms with E-state index in [-0.39, 0.29) is 10.8 Å². The summed E-state index contributed by atoms with van der Waals surface area (Å²) >= 11 is 0. The molecule has 3 aliphatic rings. The van der Waals surface area contributed by atoms with Crippen molar-refractivity contribution in [3.8, 4) is 16.8 Å². The summed E-state index contributed by atoms with van der Waals surface area (Å²) in [6.07, 6.45) is 4.83. The van der Waals surface area contributed by atoms with Crippen molar-refractivity contribution in [1.29, 1.82) is 0 Å². The van der Waals surface area contributed by atoms with Crippen molar-refractivity contribution in [2.75, 3.05) is 11.4 Å². The first kappa shape index (κ1) is 30.0. The van der Waals surface area contributed by atoms with Crippen LogP contribution in [0.25, 0.3) is 49.8 Å². The summed E-state index contributed by atoms with van der Waals surface area (Å²) < 4.78 is 2.39. The summed E-state index contributed by atoms with van der Waals surface area (Å²) in [6.45, 7) is 15.0. The Morgan fingerprint density at radius 1 is 0.529 bits per heavy atom. The van der Waals surface area contributed by atoms with E-state index in [0.717, 1.165) is 23.5 Å². The van der Waals surface area contributed by atoms with Gasteiger partial charge in [-0.1, -0.05) is 125 Å². The van der Waals surface area contributed by atoms with Crippen LogP contribution in [-0.2, 0) is 10.8 Å². The largest absolute Gasteiger partial charge is 0.337 e. The number of nitrogens with zero attached hydrogens (tertiary/aromatic N) is 2. The van der Waals surface area contributed by atoms with Crippen molar-refractivity contribution in [2.24, 2.45) is 0 Å². The number of hydrogen-bond acceptors (Lipinski definition) is 1. The minimum absolute atomic E-state index is 0.110. The third kappa shape index (κ3) is 4.17. The lowest BCUT2D eigenvalue weighted by molar-refractivity contribution is 0.658. The first-order valence-corrected chi connectivity index (χ1v) is 18.1. The molecule has 0 fully saturated rings. The average Bonchev–Trinajstić information content (AvgIpc) is 3.70. The maximum atomic E-state index is 4.80. The van der Waals surface area contributed by atoms with Gasteiger partial charge in [0.25, 0.3) is 0 Å². The topological polar surface area (TPSA) is 8.17 Å².